The van der Waals surface area contributed by atoms with E-state index in [-0.39, 0.29) is 0 Å². The molecule has 0 saturated carbocycles. The number of hydrogen-bond acceptors (Lipinski definition) is 1. The highest BCUT2D eigenvalue weighted by Crippen LogP contribution is 2.20. The van der Waals surface area contributed by atoms with Gasteiger partial charge in [0.15, 0.2) is 0 Å². The first-order valence-corrected chi connectivity index (χ1v) is 17.2. The highest BCUT2D eigenvalue weighted by molar-refractivity contribution is 4.87. The average Bonchev–Trinajstić information content (AvgIpc) is 2.91. The molecule has 0 aromatic carbocycles. The van der Waals surface area contributed by atoms with E-state index in [1.54, 1.807) is 0 Å². The summed E-state index contributed by atoms with van der Waals surface area (Å²) in [6.45, 7) is 9.21. The predicted molar refractivity (Wildman–Crippen MR) is 170 cm³/mol. The van der Waals surface area contributed by atoms with Gasteiger partial charge >= 0.3 is 0 Å². The third-order valence-corrected chi connectivity index (χ3v) is 7.72. The van der Waals surface area contributed by atoms with E-state index in [1.165, 1.54) is 154 Å². The zero-order chi connectivity index (χ0) is 27.1. The maximum Gasteiger partial charge on any atom is 0.0613 e. The molecule has 0 saturated heterocycles. The van der Waals surface area contributed by atoms with Gasteiger partial charge in [0.05, 0.1) is 12.2 Å². The van der Waals surface area contributed by atoms with Gasteiger partial charge in [-0.05, 0) is 51.4 Å². The molecule has 0 amide bonds. The summed E-state index contributed by atoms with van der Waals surface area (Å²) in [5.41, 5.74) is 0. The van der Waals surface area contributed by atoms with Crippen molar-refractivity contribution in [3.8, 4) is 0 Å². The Hall–Kier alpha value is -0.560. The summed E-state index contributed by atoms with van der Waals surface area (Å²) in [5.74, 6) is 0. The van der Waals surface area contributed by atoms with Gasteiger partial charge in [-0.3, -0.25) is 0 Å². The molecular formula is C36H70O. The lowest BCUT2D eigenvalue weighted by molar-refractivity contribution is -0.0191. The van der Waals surface area contributed by atoms with Crippen molar-refractivity contribution in [1.82, 2.24) is 0 Å². The summed E-state index contributed by atoms with van der Waals surface area (Å²) in [6, 6.07) is 0. The molecule has 0 aliphatic rings. The number of unbranched alkanes of at least 4 members (excludes halogenated alkanes) is 18. The van der Waals surface area contributed by atoms with Crippen LogP contribution in [0, 0.1) is 0 Å². The van der Waals surface area contributed by atoms with Crippen LogP contribution >= 0.6 is 0 Å². The molecule has 0 spiro atoms. The van der Waals surface area contributed by atoms with E-state index in [0.29, 0.717) is 12.2 Å². The number of allylic oxidation sites excluding steroid dienone is 2. The molecule has 0 radical (unpaired) electrons. The lowest BCUT2D eigenvalue weighted by Gasteiger charge is -2.24. The molecule has 1 nitrogen and oxygen atoms in total. The zero-order valence-corrected chi connectivity index (χ0v) is 26.3. The van der Waals surface area contributed by atoms with Crippen molar-refractivity contribution in [3.05, 3.63) is 24.3 Å². The molecule has 0 aromatic heterocycles. The average molecular weight is 519 g/mol. The van der Waals surface area contributed by atoms with Gasteiger partial charge in [-0.15, -0.1) is 0 Å². The molecule has 37 heavy (non-hydrogen) atoms. The van der Waals surface area contributed by atoms with E-state index >= 15 is 0 Å². The SMILES string of the molecule is CCCCCCCCC=CCC(CCCCCC)OC(CC=CCCCCCCCC)CCCCCC. The maximum absolute atomic E-state index is 6.85. The van der Waals surface area contributed by atoms with Crippen molar-refractivity contribution in [3.63, 3.8) is 0 Å². The Morgan fingerprint density at radius 3 is 1.08 bits per heavy atom. The number of rotatable bonds is 30. The molecule has 220 valence electrons. The van der Waals surface area contributed by atoms with Gasteiger partial charge in [-0.1, -0.05) is 168 Å². The van der Waals surface area contributed by atoms with Crippen molar-refractivity contribution < 1.29 is 4.74 Å². The minimum atomic E-state index is 0.404. The summed E-state index contributed by atoms with van der Waals surface area (Å²) >= 11 is 0. The van der Waals surface area contributed by atoms with Crippen molar-refractivity contribution in [2.45, 2.75) is 207 Å². The summed E-state index contributed by atoms with van der Waals surface area (Å²) in [4.78, 5) is 0. The summed E-state index contributed by atoms with van der Waals surface area (Å²) in [6.07, 6.45) is 45.1. The number of hydrogen-bond donors (Lipinski definition) is 0. The molecule has 2 atom stereocenters. The lowest BCUT2D eigenvalue weighted by Crippen LogP contribution is -2.22. The first-order valence-electron chi connectivity index (χ1n) is 17.2. The zero-order valence-electron chi connectivity index (χ0n) is 26.3. The predicted octanol–water partition coefficient (Wildman–Crippen LogP) is 13.1. The van der Waals surface area contributed by atoms with Crippen molar-refractivity contribution in [2.24, 2.45) is 0 Å². The van der Waals surface area contributed by atoms with Crippen molar-refractivity contribution in [2.75, 3.05) is 0 Å². The van der Waals surface area contributed by atoms with Crippen LogP contribution in [-0.4, -0.2) is 12.2 Å². The molecule has 0 aromatic rings. The van der Waals surface area contributed by atoms with Crippen LogP contribution in [0.2, 0.25) is 0 Å². The van der Waals surface area contributed by atoms with Crippen molar-refractivity contribution >= 4 is 0 Å². The van der Waals surface area contributed by atoms with Gasteiger partial charge < -0.3 is 4.74 Å². The highest BCUT2D eigenvalue weighted by atomic mass is 16.5. The van der Waals surface area contributed by atoms with Crippen LogP contribution in [0.25, 0.3) is 0 Å². The molecule has 0 aliphatic heterocycles. The van der Waals surface area contributed by atoms with Crippen LogP contribution in [0.4, 0.5) is 0 Å². The van der Waals surface area contributed by atoms with E-state index < -0.39 is 0 Å². The second-order valence-corrected chi connectivity index (χ2v) is 11.6. The first kappa shape index (κ1) is 36.4. The fourth-order valence-corrected chi connectivity index (χ4v) is 5.17. The summed E-state index contributed by atoms with van der Waals surface area (Å²) in [5, 5.41) is 0. The van der Waals surface area contributed by atoms with E-state index in [2.05, 4.69) is 52.0 Å². The monoisotopic (exact) mass is 519 g/mol. The van der Waals surface area contributed by atoms with Gasteiger partial charge in [0.2, 0.25) is 0 Å². The molecule has 0 bridgehead atoms. The molecule has 0 N–H and O–H groups in total. The largest absolute Gasteiger partial charge is 0.374 e. The molecule has 1 heteroatoms. The fourth-order valence-electron chi connectivity index (χ4n) is 5.17. The Balaban J connectivity index is 4.62. The quantitative estimate of drug-likeness (QED) is 0.0678. The van der Waals surface area contributed by atoms with Gasteiger partial charge in [-0.25, -0.2) is 0 Å². The Bertz CT molecular complexity index is 423. The van der Waals surface area contributed by atoms with Gasteiger partial charge in [0.1, 0.15) is 0 Å². The third kappa shape index (κ3) is 28.3. The summed E-state index contributed by atoms with van der Waals surface area (Å²) < 4.78 is 6.85. The molecule has 0 rings (SSSR count). The molecule has 0 fully saturated rings. The van der Waals surface area contributed by atoms with E-state index in [4.69, 9.17) is 4.74 Å². The normalized spacial score (nSPS) is 13.7. The first-order chi connectivity index (χ1) is 18.3. The summed E-state index contributed by atoms with van der Waals surface area (Å²) in [7, 11) is 0. The van der Waals surface area contributed by atoms with Crippen LogP contribution in [0.3, 0.4) is 0 Å². The van der Waals surface area contributed by atoms with E-state index in [9.17, 15) is 0 Å². The van der Waals surface area contributed by atoms with E-state index in [0.717, 1.165) is 12.8 Å². The molecule has 0 aliphatic carbocycles. The van der Waals surface area contributed by atoms with Crippen LogP contribution in [0.1, 0.15) is 195 Å². The van der Waals surface area contributed by atoms with Crippen LogP contribution in [-0.2, 0) is 4.74 Å². The van der Waals surface area contributed by atoms with Gasteiger partial charge in [0.25, 0.3) is 0 Å². The Morgan fingerprint density at radius 2 is 0.703 bits per heavy atom. The highest BCUT2D eigenvalue weighted by Gasteiger charge is 2.15. The van der Waals surface area contributed by atoms with Gasteiger partial charge in [-0.2, -0.15) is 0 Å². The van der Waals surface area contributed by atoms with Crippen LogP contribution in [0.15, 0.2) is 24.3 Å². The van der Waals surface area contributed by atoms with Gasteiger partial charge in [0, 0.05) is 0 Å². The second-order valence-electron chi connectivity index (χ2n) is 11.6. The third-order valence-electron chi connectivity index (χ3n) is 7.72. The molecule has 2 unspecified atom stereocenters. The molecule has 0 heterocycles. The van der Waals surface area contributed by atoms with Crippen molar-refractivity contribution in [1.29, 1.82) is 0 Å². The minimum Gasteiger partial charge on any atom is -0.374 e. The molecular weight excluding hydrogens is 448 g/mol. The second kappa shape index (κ2) is 31.7. The fraction of sp³-hybridized carbons (Fsp3) is 0.889. The topological polar surface area (TPSA) is 9.23 Å². The lowest BCUT2D eigenvalue weighted by atomic mass is 10.0. The Labute approximate surface area is 235 Å². The number of ether oxygens (including phenoxy) is 1. The Kier molecular flexibility index (Phi) is 31.2. The maximum atomic E-state index is 6.85. The van der Waals surface area contributed by atoms with E-state index in [1.807, 2.05) is 0 Å². The smallest absolute Gasteiger partial charge is 0.0613 e. The van der Waals surface area contributed by atoms with Crippen LogP contribution < -0.4 is 0 Å². The Morgan fingerprint density at radius 1 is 0.378 bits per heavy atom. The minimum absolute atomic E-state index is 0.404. The standard InChI is InChI=1S/C36H70O/c1-5-9-13-17-19-21-23-25-29-33-35(31-27-15-11-7-3)37-36(32-28-16-12-8-4)34-30-26-24-22-20-18-14-10-6-2/h25-26,29-30,35-36H,5-24,27-28,31-34H2,1-4H3. The van der Waals surface area contributed by atoms with Crippen LogP contribution in [0.5, 0.6) is 0 Å².